The number of amides is 1. The van der Waals surface area contributed by atoms with Crippen molar-refractivity contribution < 1.29 is 9.53 Å². The summed E-state index contributed by atoms with van der Waals surface area (Å²) in [5.74, 6) is -0.0893. The molecule has 0 aromatic heterocycles. The van der Waals surface area contributed by atoms with E-state index in [4.69, 9.17) is 33.7 Å². The Hall–Kier alpha value is -0.890. The number of carbonyl (C=O) groups is 1. The summed E-state index contributed by atoms with van der Waals surface area (Å²) in [7, 11) is 0. The Morgan fingerprint density at radius 1 is 1.25 bits per heavy atom. The number of nitrogens with zero attached hydrogens (tertiary/aromatic N) is 2. The van der Waals surface area contributed by atoms with Crippen LogP contribution in [-0.4, -0.2) is 73.7 Å². The molecule has 2 saturated heterocycles. The zero-order chi connectivity index (χ0) is 17.1. The first-order valence-electron chi connectivity index (χ1n) is 8.08. The molecule has 2 aliphatic rings. The normalized spacial score (nSPS) is 25.8. The highest BCUT2D eigenvalue weighted by atomic mass is 35.5. The van der Waals surface area contributed by atoms with Crippen molar-refractivity contribution in [3.8, 4) is 0 Å². The van der Waals surface area contributed by atoms with E-state index < -0.39 is 0 Å². The Balaban J connectivity index is 1.47. The van der Waals surface area contributed by atoms with Crippen LogP contribution in [0.15, 0.2) is 18.2 Å². The molecule has 2 fully saturated rings. The van der Waals surface area contributed by atoms with E-state index >= 15 is 0 Å². The molecule has 3 rings (SSSR count). The van der Waals surface area contributed by atoms with Gasteiger partial charge in [0, 0.05) is 32.2 Å². The predicted molar refractivity (Wildman–Crippen MR) is 95.7 cm³/mol. The van der Waals surface area contributed by atoms with Gasteiger partial charge in [-0.3, -0.25) is 14.6 Å². The molecule has 6 nitrogen and oxygen atoms in total. The molecule has 24 heavy (non-hydrogen) atoms. The monoisotopic (exact) mass is 372 g/mol. The van der Waals surface area contributed by atoms with Gasteiger partial charge in [-0.25, -0.2) is 0 Å². The SMILES string of the molecule is N[C@@H]1COC[C@H]1N1CCN(CC(=O)Nc2cccc(Cl)c2Cl)CC1. The zero-order valence-electron chi connectivity index (χ0n) is 13.4. The minimum atomic E-state index is -0.0893. The number of halogens is 2. The molecule has 0 saturated carbocycles. The fourth-order valence-electron chi connectivity index (χ4n) is 3.18. The van der Waals surface area contributed by atoms with Crippen molar-refractivity contribution in [3.63, 3.8) is 0 Å². The van der Waals surface area contributed by atoms with Gasteiger partial charge in [-0.1, -0.05) is 29.3 Å². The van der Waals surface area contributed by atoms with Gasteiger partial charge in [0.05, 0.1) is 41.5 Å². The zero-order valence-corrected chi connectivity index (χ0v) is 14.9. The molecule has 0 unspecified atom stereocenters. The first kappa shape index (κ1) is 17.9. The van der Waals surface area contributed by atoms with E-state index in [1.807, 2.05) is 0 Å². The van der Waals surface area contributed by atoms with Crippen LogP contribution in [0.25, 0.3) is 0 Å². The summed E-state index contributed by atoms with van der Waals surface area (Å²) in [4.78, 5) is 16.7. The van der Waals surface area contributed by atoms with Crippen LogP contribution in [0.4, 0.5) is 5.69 Å². The standard InChI is InChI=1S/C16H22Cl2N4O2/c17-11-2-1-3-13(16(11)18)20-15(23)8-21-4-6-22(7-5-21)14-10-24-9-12(14)19/h1-3,12,14H,4-10,19H2,(H,20,23)/t12-,14-/m1/s1. The van der Waals surface area contributed by atoms with Crippen LogP contribution < -0.4 is 11.1 Å². The number of carbonyl (C=O) groups excluding carboxylic acids is 1. The minimum absolute atomic E-state index is 0.0878. The molecule has 8 heteroatoms. The topological polar surface area (TPSA) is 70.8 Å². The smallest absolute Gasteiger partial charge is 0.238 e. The summed E-state index contributed by atoms with van der Waals surface area (Å²) < 4.78 is 5.43. The summed E-state index contributed by atoms with van der Waals surface area (Å²) in [6.07, 6.45) is 0. The average Bonchev–Trinajstić information content (AvgIpc) is 2.99. The highest BCUT2D eigenvalue weighted by Gasteiger charge is 2.32. The number of nitrogens with two attached hydrogens (primary N) is 1. The molecule has 2 aliphatic heterocycles. The largest absolute Gasteiger partial charge is 0.378 e. The van der Waals surface area contributed by atoms with Gasteiger partial charge in [-0.15, -0.1) is 0 Å². The first-order valence-corrected chi connectivity index (χ1v) is 8.84. The molecule has 3 N–H and O–H groups in total. The second-order valence-corrected chi connectivity index (χ2v) is 7.02. The third kappa shape index (κ3) is 4.20. The van der Waals surface area contributed by atoms with Crippen LogP contribution in [0, 0.1) is 0 Å². The molecule has 0 radical (unpaired) electrons. The van der Waals surface area contributed by atoms with E-state index in [9.17, 15) is 4.79 Å². The van der Waals surface area contributed by atoms with Crippen LogP contribution in [0.2, 0.25) is 10.0 Å². The summed E-state index contributed by atoms with van der Waals surface area (Å²) >= 11 is 12.1. The second kappa shape index (κ2) is 7.99. The first-order chi connectivity index (χ1) is 11.5. The van der Waals surface area contributed by atoms with Crippen LogP contribution in [0.5, 0.6) is 0 Å². The van der Waals surface area contributed by atoms with E-state index in [0.717, 1.165) is 26.2 Å². The Labute approximate surface area is 151 Å². The molecule has 1 aromatic carbocycles. The van der Waals surface area contributed by atoms with Gasteiger partial charge < -0.3 is 15.8 Å². The lowest BCUT2D eigenvalue weighted by Gasteiger charge is -2.38. The fraction of sp³-hybridized carbons (Fsp3) is 0.562. The maximum absolute atomic E-state index is 12.2. The van der Waals surface area contributed by atoms with E-state index in [0.29, 0.717) is 41.5 Å². The number of nitrogens with one attached hydrogen (secondary N) is 1. The third-order valence-corrected chi connectivity index (χ3v) is 5.38. The molecule has 0 spiro atoms. The fourth-order valence-corrected chi connectivity index (χ4v) is 3.53. The summed E-state index contributed by atoms with van der Waals surface area (Å²) in [6.45, 7) is 5.13. The van der Waals surface area contributed by atoms with E-state index in [2.05, 4.69) is 15.1 Å². The van der Waals surface area contributed by atoms with Gasteiger partial charge in [0.2, 0.25) is 5.91 Å². The third-order valence-electron chi connectivity index (χ3n) is 4.56. The molecule has 2 atom stereocenters. The number of anilines is 1. The molecule has 1 amide bonds. The molecular formula is C16H22Cl2N4O2. The number of ether oxygens (including phenoxy) is 1. The molecule has 0 bridgehead atoms. The Morgan fingerprint density at radius 3 is 2.67 bits per heavy atom. The van der Waals surface area contributed by atoms with Gasteiger partial charge in [-0.2, -0.15) is 0 Å². The molecule has 0 aliphatic carbocycles. The lowest BCUT2D eigenvalue weighted by molar-refractivity contribution is -0.117. The van der Waals surface area contributed by atoms with Crippen molar-refractivity contribution in [2.45, 2.75) is 12.1 Å². The lowest BCUT2D eigenvalue weighted by Crippen LogP contribution is -2.56. The van der Waals surface area contributed by atoms with Crippen molar-refractivity contribution in [3.05, 3.63) is 28.2 Å². The van der Waals surface area contributed by atoms with Crippen molar-refractivity contribution in [2.75, 3.05) is 51.3 Å². The number of hydrogen-bond acceptors (Lipinski definition) is 5. The maximum Gasteiger partial charge on any atom is 0.238 e. The number of hydrogen-bond donors (Lipinski definition) is 2. The minimum Gasteiger partial charge on any atom is -0.378 e. The average molecular weight is 373 g/mol. The van der Waals surface area contributed by atoms with Gasteiger partial charge in [0.25, 0.3) is 0 Å². The second-order valence-electron chi connectivity index (χ2n) is 6.23. The van der Waals surface area contributed by atoms with E-state index in [1.165, 1.54) is 0 Å². The van der Waals surface area contributed by atoms with Gasteiger partial charge >= 0.3 is 0 Å². The van der Waals surface area contributed by atoms with Crippen LogP contribution in [0.3, 0.4) is 0 Å². The highest BCUT2D eigenvalue weighted by molar-refractivity contribution is 6.43. The Bertz CT molecular complexity index is 593. The maximum atomic E-state index is 12.2. The quantitative estimate of drug-likeness (QED) is 0.832. The van der Waals surface area contributed by atoms with Crippen molar-refractivity contribution >= 4 is 34.8 Å². The number of piperazine rings is 1. The summed E-state index contributed by atoms with van der Waals surface area (Å²) in [5, 5.41) is 3.62. The highest BCUT2D eigenvalue weighted by Crippen LogP contribution is 2.29. The van der Waals surface area contributed by atoms with Gasteiger partial charge in [-0.05, 0) is 12.1 Å². The predicted octanol–water partition coefficient (Wildman–Crippen LogP) is 1.28. The van der Waals surface area contributed by atoms with E-state index in [1.54, 1.807) is 18.2 Å². The van der Waals surface area contributed by atoms with Gasteiger partial charge in [0.15, 0.2) is 0 Å². The van der Waals surface area contributed by atoms with Crippen LogP contribution in [-0.2, 0) is 9.53 Å². The molecule has 132 valence electrons. The van der Waals surface area contributed by atoms with Crippen molar-refractivity contribution in [1.82, 2.24) is 9.80 Å². The summed E-state index contributed by atoms with van der Waals surface area (Å²) in [5.41, 5.74) is 6.61. The number of rotatable bonds is 4. The molecule has 2 heterocycles. The van der Waals surface area contributed by atoms with Crippen LogP contribution in [0.1, 0.15) is 0 Å². The lowest BCUT2D eigenvalue weighted by atomic mass is 10.1. The summed E-state index contributed by atoms with van der Waals surface area (Å²) in [6, 6.07) is 5.58. The van der Waals surface area contributed by atoms with Crippen molar-refractivity contribution in [2.24, 2.45) is 5.73 Å². The van der Waals surface area contributed by atoms with Crippen molar-refractivity contribution in [1.29, 1.82) is 0 Å². The molecule has 1 aromatic rings. The number of benzene rings is 1. The Kier molecular flexibility index (Phi) is 5.97. The Morgan fingerprint density at radius 2 is 2.00 bits per heavy atom. The van der Waals surface area contributed by atoms with E-state index in [-0.39, 0.29) is 11.9 Å². The van der Waals surface area contributed by atoms with Gasteiger partial charge in [0.1, 0.15) is 0 Å². The van der Waals surface area contributed by atoms with Crippen LogP contribution >= 0.6 is 23.2 Å². The molecular weight excluding hydrogens is 351 g/mol.